The second kappa shape index (κ2) is 4.21. The van der Waals surface area contributed by atoms with Gasteiger partial charge in [0.05, 0.1) is 4.92 Å². The summed E-state index contributed by atoms with van der Waals surface area (Å²) in [6.45, 7) is 6.93. The summed E-state index contributed by atoms with van der Waals surface area (Å²) < 4.78 is 0. The van der Waals surface area contributed by atoms with Gasteiger partial charge in [-0.05, 0) is 42.1 Å². The number of nitrogens with zero attached hydrogens (tertiary/aromatic N) is 1. The van der Waals surface area contributed by atoms with Gasteiger partial charge in [0.1, 0.15) is 5.69 Å². The number of hydrogen-bond donors (Lipinski definition) is 1. The average Bonchev–Trinajstić information content (AvgIpc) is 2.86. The lowest BCUT2D eigenvalue weighted by Crippen LogP contribution is -2.45. The third-order valence-electron chi connectivity index (χ3n) is 5.67. The van der Waals surface area contributed by atoms with Crippen LogP contribution >= 0.6 is 0 Å². The average molecular weight is 274 g/mol. The first-order valence-electron chi connectivity index (χ1n) is 7.34. The van der Waals surface area contributed by atoms with E-state index in [0.717, 1.165) is 5.92 Å². The Labute approximate surface area is 119 Å². The molecule has 2 saturated carbocycles. The fraction of sp³-hybridized carbons (Fsp3) is 0.625. The van der Waals surface area contributed by atoms with Crippen LogP contribution in [0.5, 0.6) is 0 Å². The molecule has 2 bridgehead atoms. The molecule has 108 valence electrons. The summed E-state index contributed by atoms with van der Waals surface area (Å²) in [5, 5.41) is 14.7. The van der Waals surface area contributed by atoms with Crippen LogP contribution in [0.3, 0.4) is 0 Å². The first-order valence-corrected chi connectivity index (χ1v) is 7.34. The molecule has 4 heteroatoms. The third kappa shape index (κ3) is 1.81. The van der Waals surface area contributed by atoms with E-state index in [1.165, 1.54) is 19.3 Å². The molecule has 0 saturated heterocycles. The van der Waals surface area contributed by atoms with E-state index in [-0.39, 0.29) is 21.4 Å². The summed E-state index contributed by atoms with van der Waals surface area (Å²) in [6.07, 6.45) is 3.75. The standard InChI is InChI=1S/C16H22N2O2/c1-15(2)11-8-9-16(3,10-11)14(15)17-12-6-4-5-7-13(12)18(19)20/h4-7,11,14,17H,8-10H2,1-3H3. The molecule has 3 unspecified atom stereocenters. The summed E-state index contributed by atoms with van der Waals surface area (Å²) in [5.41, 5.74) is 1.29. The van der Waals surface area contributed by atoms with Crippen LogP contribution in [0.2, 0.25) is 0 Å². The van der Waals surface area contributed by atoms with Gasteiger partial charge in [-0.2, -0.15) is 0 Å². The molecule has 20 heavy (non-hydrogen) atoms. The number of hydrogen-bond acceptors (Lipinski definition) is 3. The van der Waals surface area contributed by atoms with Crippen LogP contribution in [0.15, 0.2) is 24.3 Å². The van der Waals surface area contributed by atoms with Crippen LogP contribution in [0, 0.1) is 26.9 Å². The predicted molar refractivity (Wildman–Crippen MR) is 79.7 cm³/mol. The summed E-state index contributed by atoms with van der Waals surface area (Å²) in [7, 11) is 0. The maximum absolute atomic E-state index is 11.2. The minimum Gasteiger partial charge on any atom is -0.376 e. The van der Waals surface area contributed by atoms with E-state index in [9.17, 15) is 10.1 Å². The quantitative estimate of drug-likeness (QED) is 0.663. The van der Waals surface area contributed by atoms with Crippen LogP contribution in [0.4, 0.5) is 11.4 Å². The molecule has 2 aliphatic carbocycles. The van der Waals surface area contributed by atoms with Gasteiger partial charge >= 0.3 is 0 Å². The second-order valence-electron chi connectivity index (χ2n) is 7.27. The van der Waals surface area contributed by atoms with Gasteiger partial charge in [0.25, 0.3) is 5.69 Å². The van der Waals surface area contributed by atoms with Crippen LogP contribution in [-0.2, 0) is 0 Å². The highest BCUT2D eigenvalue weighted by Crippen LogP contribution is 2.63. The zero-order valence-corrected chi connectivity index (χ0v) is 12.3. The Morgan fingerprint density at radius 1 is 1.30 bits per heavy atom. The number of rotatable bonds is 3. The van der Waals surface area contributed by atoms with Gasteiger partial charge in [-0.15, -0.1) is 0 Å². The number of nitro benzene ring substituents is 1. The van der Waals surface area contributed by atoms with Crippen molar-refractivity contribution < 1.29 is 4.92 Å². The number of nitrogens with one attached hydrogen (secondary N) is 1. The predicted octanol–water partition coefficient (Wildman–Crippen LogP) is 4.22. The van der Waals surface area contributed by atoms with Crippen molar-refractivity contribution in [1.29, 1.82) is 0 Å². The monoisotopic (exact) mass is 274 g/mol. The molecule has 3 rings (SSSR count). The lowest BCUT2D eigenvalue weighted by atomic mass is 9.68. The minimum atomic E-state index is -0.301. The van der Waals surface area contributed by atoms with E-state index < -0.39 is 0 Å². The smallest absolute Gasteiger partial charge is 0.292 e. The summed E-state index contributed by atoms with van der Waals surface area (Å²) in [4.78, 5) is 10.9. The molecule has 0 spiro atoms. The zero-order chi connectivity index (χ0) is 14.5. The molecule has 2 fully saturated rings. The molecule has 2 aliphatic rings. The number of anilines is 1. The molecular weight excluding hydrogens is 252 g/mol. The highest BCUT2D eigenvalue weighted by atomic mass is 16.6. The van der Waals surface area contributed by atoms with Crippen LogP contribution < -0.4 is 5.32 Å². The Morgan fingerprint density at radius 3 is 2.60 bits per heavy atom. The van der Waals surface area contributed by atoms with Gasteiger partial charge < -0.3 is 5.32 Å². The lowest BCUT2D eigenvalue weighted by Gasteiger charge is -2.43. The highest BCUT2D eigenvalue weighted by Gasteiger charge is 2.59. The van der Waals surface area contributed by atoms with E-state index >= 15 is 0 Å². The fourth-order valence-electron chi connectivity index (χ4n) is 4.57. The molecule has 0 aliphatic heterocycles. The molecule has 1 aromatic rings. The molecule has 0 radical (unpaired) electrons. The highest BCUT2D eigenvalue weighted by molar-refractivity contribution is 5.62. The van der Waals surface area contributed by atoms with Gasteiger partial charge in [-0.3, -0.25) is 10.1 Å². The van der Waals surface area contributed by atoms with E-state index in [2.05, 4.69) is 26.1 Å². The van der Waals surface area contributed by atoms with Crippen molar-refractivity contribution >= 4 is 11.4 Å². The van der Waals surface area contributed by atoms with Crippen molar-refractivity contribution in [3.8, 4) is 0 Å². The molecule has 1 aromatic carbocycles. The third-order valence-corrected chi connectivity index (χ3v) is 5.67. The van der Waals surface area contributed by atoms with Crippen LogP contribution in [0.25, 0.3) is 0 Å². The largest absolute Gasteiger partial charge is 0.376 e. The van der Waals surface area contributed by atoms with Gasteiger partial charge in [0, 0.05) is 12.1 Å². The van der Waals surface area contributed by atoms with Gasteiger partial charge in [0.2, 0.25) is 0 Å². The molecule has 3 atom stereocenters. The van der Waals surface area contributed by atoms with Crippen molar-refractivity contribution in [2.75, 3.05) is 5.32 Å². The SMILES string of the molecule is CC12CCC(C1)C(C)(C)C2Nc1ccccc1[N+](=O)[O-]. The van der Waals surface area contributed by atoms with Crippen molar-refractivity contribution in [3.63, 3.8) is 0 Å². The Hall–Kier alpha value is -1.58. The molecule has 4 nitrogen and oxygen atoms in total. The number of benzene rings is 1. The molecule has 0 aromatic heterocycles. The topological polar surface area (TPSA) is 55.2 Å². The maximum Gasteiger partial charge on any atom is 0.292 e. The number of fused-ring (bicyclic) bond motifs is 2. The minimum absolute atomic E-state index is 0.176. The normalized spacial score (nSPS) is 34.1. The maximum atomic E-state index is 11.2. The second-order valence-corrected chi connectivity index (χ2v) is 7.27. The summed E-state index contributed by atoms with van der Waals surface area (Å²) in [5.74, 6) is 0.729. The van der Waals surface area contributed by atoms with Crippen molar-refractivity contribution in [3.05, 3.63) is 34.4 Å². The van der Waals surface area contributed by atoms with Crippen molar-refractivity contribution in [1.82, 2.24) is 0 Å². The Balaban J connectivity index is 1.94. The molecule has 0 amide bonds. The fourth-order valence-corrected chi connectivity index (χ4v) is 4.57. The molecule has 1 N–H and O–H groups in total. The number of para-hydroxylation sites is 2. The molecule has 0 heterocycles. The van der Waals surface area contributed by atoms with E-state index in [0.29, 0.717) is 11.7 Å². The Kier molecular flexibility index (Phi) is 2.82. The zero-order valence-electron chi connectivity index (χ0n) is 12.3. The first-order chi connectivity index (χ1) is 9.34. The first kappa shape index (κ1) is 13.4. The Morgan fingerprint density at radius 2 is 2.00 bits per heavy atom. The van der Waals surface area contributed by atoms with Crippen LogP contribution in [0.1, 0.15) is 40.0 Å². The summed E-state index contributed by atoms with van der Waals surface area (Å²) >= 11 is 0. The van der Waals surface area contributed by atoms with E-state index in [1.807, 2.05) is 12.1 Å². The Bertz CT molecular complexity index is 550. The molecular formula is C16H22N2O2. The van der Waals surface area contributed by atoms with Crippen LogP contribution in [-0.4, -0.2) is 11.0 Å². The van der Waals surface area contributed by atoms with Gasteiger partial charge in [-0.25, -0.2) is 0 Å². The van der Waals surface area contributed by atoms with E-state index in [4.69, 9.17) is 0 Å². The van der Waals surface area contributed by atoms with Crippen molar-refractivity contribution in [2.24, 2.45) is 16.7 Å². The number of nitro groups is 1. The lowest BCUT2D eigenvalue weighted by molar-refractivity contribution is -0.384. The van der Waals surface area contributed by atoms with Gasteiger partial charge in [-0.1, -0.05) is 32.9 Å². The van der Waals surface area contributed by atoms with Gasteiger partial charge in [0.15, 0.2) is 0 Å². The van der Waals surface area contributed by atoms with Crippen molar-refractivity contribution in [2.45, 2.75) is 46.1 Å². The summed E-state index contributed by atoms with van der Waals surface area (Å²) in [6, 6.07) is 7.28. The van der Waals surface area contributed by atoms with E-state index in [1.54, 1.807) is 12.1 Å².